The zero-order valence-corrected chi connectivity index (χ0v) is 31.7. The van der Waals surface area contributed by atoms with Crippen LogP contribution in [0.2, 0.25) is 0 Å². The number of aliphatic hydroxyl groups is 1. The Bertz CT molecular complexity index is 820. The van der Waals surface area contributed by atoms with E-state index in [1.165, 1.54) is 58.9 Å². The van der Waals surface area contributed by atoms with Crippen molar-refractivity contribution in [2.45, 2.75) is 93.0 Å². The maximum Gasteiger partial charge on any atom is 0.470 e. The standard InChI is InChI=1S/C7H17O15P3.3C6H15N/c1-18-7-6(22-25(15,16)17)5(21-24(12,13)14)4(8)3(20-7)2-19-23(9,10)11;3*1-4-7(5-2)6-3/h3-8H,2H2,1H3,(H2,9,10,11)(H2,12,13,14)(H2,15,16,17);3*4-6H2,1-3H3/t3-,4-,5+,6-,7+;;;/m0.../s1. The fraction of sp³-hybridized carbons (Fsp3) is 1.00. The lowest BCUT2D eigenvalue weighted by atomic mass is 9.99. The summed E-state index contributed by atoms with van der Waals surface area (Å²) < 4.78 is 55.2. The number of rotatable bonds is 17. The fourth-order valence-electron chi connectivity index (χ4n) is 3.95. The highest BCUT2D eigenvalue weighted by molar-refractivity contribution is 7.46. The first-order chi connectivity index (χ1) is 21.2. The first-order valence-corrected chi connectivity index (χ1v) is 20.0. The van der Waals surface area contributed by atoms with Gasteiger partial charge in [0.25, 0.3) is 0 Å². The molecule has 0 unspecified atom stereocenters. The molecule has 0 aliphatic carbocycles. The van der Waals surface area contributed by atoms with Crippen molar-refractivity contribution in [1.29, 1.82) is 0 Å². The van der Waals surface area contributed by atoms with Gasteiger partial charge in [0.15, 0.2) is 6.29 Å². The second kappa shape index (κ2) is 26.9. The maximum atomic E-state index is 11.0. The minimum Gasteiger partial charge on any atom is -0.387 e. The molecule has 0 spiro atoms. The molecule has 0 radical (unpaired) electrons. The summed E-state index contributed by atoms with van der Waals surface area (Å²) in [6, 6.07) is 0. The minimum absolute atomic E-state index is 0.963. The van der Waals surface area contributed by atoms with E-state index in [2.05, 4.69) is 90.6 Å². The third-order valence-corrected chi connectivity index (χ3v) is 8.32. The summed E-state index contributed by atoms with van der Waals surface area (Å²) in [5, 5.41) is 10.1. The summed E-state index contributed by atoms with van der Waals surface area (Å²) >= 11 is 0. The Kier molecular flexibility index (Phi) is 29.5. The van der Waals surface area contributed by atoms with Crippen LogP contribution in [0.3, 0.4) is 0 Å². The SMILES string of the molecule is CCN(CC)CC.CCN(CC)CC.CCN(CC)CC.CO[C@@H]1O[C@@H](COP(=O)(O)O)[C@H](O)[C@@H](OP(=O)(O)O)[C@@H]1OP(=O)(O)O. The molecule has 5 atom stereocenters. The van der Waals surface area contributed by atoms with Crippen LogP contribution in [0.15, 0.2) is 0 Å². The molecule has 0 aromatic rings. The summed E-state index contributed by atoms with van der Waals surface area (Å²) in [6.45, 7) is 29.4. The molecule has 0 bridgehead atoms. The summed E-state index contributed by atoms with van der Waals surface area (Å²) in [6.07, 6.45) is -9.55. The van der Waals surface area contributed by atoms with E-state index in [0.29, 0.717) is 0 Å². The van der Waals surface area contributed by atoms with Gasteiger partial charge in [-0.2, -0.15) is 0 Å². The Morgan fingerprint density at radius 3 is 1.09 bits per heavy atom. The lowest BCUT2D eigenvalue weighted by Crippen LogP contribution is -2.60. The molecule has 1 rings (SSSR count). The number of hydrogen-bond donors (Lipinski definition) is 7. The van der Waals surface area contributed by atoms with E-state index in [-0.39, 0.29) is 0 Å². The van der Waals surface area contributed by atoms with Gasteiger partial charge in [-0.05, 0) is 58.9 Å². The zero-order chi connectivity index (χ0) is 36.7. The molecule has 7 N–H and O–H groups in total. The van der Waals surface area contributed by atoms with E-state index in [1.54, 1.807) is 0 Å². The van der Waals surface area contributed by atoms with E-state index in [9.17, 15) is 18.8 Å². The fourth-order valence-corrected chi connectivity index (χ4v) is 5.39. The van der Waals surface area contributed by atoms with Crippen LogP contribution in [-0.4, -0.2) is 152 Å². The zero-order valence-electron chi connectivity index (χ0n) is 29.0. The van der Waals surface area contributed by atoms with Crippen LogP contribution in [0.25, 0.3) is 0 Å². The topological polar surface area (TPSA) is 249 Å². The molecule has 1 fully saturated rings. The second-order valence-corrected chi connectivity index (χ2v) is 13.2. The van der Waals surface area contributed by atoms with Gasteiger partial charge < -0.3 is 58.6 Å². The Morgan fingerprint density at radius 1 is 0.565 bits per heavy atom. The second-order valence-electron chi connectivity index (χ2n) is 9.54. The molecule has 21 heteroatoms. The highest BCUT2D eigenvalue weighted by Crippen LogP contribution is 2.47. The van der Waals surface area contributed by atoms with Crippen molar-refractivity contribution in [3.05, 3.63) is 0 Å². The monoisotopic (exact) mass is 737 g/mol. The predicted octanol–water partition coefficient (Wildman–Crippen LogP) is 1.83. The Hall–Kier alpha value is 0.0900. The van der Waals surface area contributed by atoms with Crippen molar-refractivity contribution in [3.8, 4) is 0 Å². The van der Waals surface area contributed by atoms with Crippen LogP contribution in [-0.2, 0) is 36.7 Å². The van der Waals surface area contributed by atoms with Crippen molar-refractivity contribution in [2.75, 3.05) is 72.6 Å². The number of nitrogens with zero attached hydrogens (tertiary/aromatic N) is 3. The molecular formula is C25H62N3O15P3. The lowest BCUT2D eigenvalue weighted by Gasteiger charge is -2.43. The number of phosphoric acid groups is 3. The van der Waals surface area contributed by atoms with Crippen molar-refractivity contribution >= 4 is 23.5 Å². The lowest BCUT2D eigenvalue weighted by molar-refractivity contribution is -0.287. The predicted molar refractivity (Wildman–Crippen MR) is 174 cm³/mol. The molecule has 18 nitrogen and oxygen atoms in total. The van der Waals surface area contributed by atoms with Gasteiger partial charge in [0.1, 0.15) is 24.4 Å². The van der Waals surface area contributed by atoms with E-state index < -0.39 is 60.8 Å². The quantitative estimate of drug-likeness (QED) is 0.105. The number of ether oxygens (including phenoxy) is 2. The molecule has 282 valence electrons. The largest absolute Gasteiger partial charge is 0.470 e. The van der Waals surface area contributed by atoms with Crippen molar-refractivity contribution < 1.29 is 71.2 Å². The maximum absolute atomic E-state index is 11.0. The van der Waals surface area contributed by atoms with Crippen molar-refractivity contribution in [3.63, 3.8) is 0 Å². The van der Waals surface area contributed by atoms with E-state index in [1.807, 2.05) is 0 Å². The third-order valence-electron chi connectivity index (χ3n) is 6.80. The summed E-state index contributed by atoms with van der Waals surface area (Å²) in [5.41, 5.74) is 0. The van der Waals surface area contributed by atoms with Crippen LogP contribution in [0.4, 0.5) is 0 Å². The molecule has 0 saturated carbocycles. The van der Waals surface area contributed by atoms with Gasteiger partial charge in [-0.25, -0.2) is 13.7 Å². The Balaban J connectivity index is -0.000000710. The molecular weight excluding hydrogens is 675 g/mol. The third kappa shape index (κ3) is 26.0. The van der Waals surface area contributed by atoms with Gasteiger partial charge in [-0.3, -0.25) is 13.6 Å². The van der Waals surface area contributed by atoms with Gasteiger partial charge in [0.2, 0.25) is 0 Å². The molecule has 0 amide bonds. The van der Waals surface area contributed by atoms with Crippen LogP contribution in [0, 0.1) is 0 Å². The molecule has 1 heterocycles. The van der Waals surface area contributed by atoms with Gasteiger partial charge in [0, 0.05) is 7.11 Å². The molecule has 1 saturated heterocycles. The molecule has 1 aliphatic rings. The van der Waals surface area contributed by atoms with Gasteiger partial charge in [-0.15, -0.1) is 0 Å². The average Bonchev–Trinajstić information content (AvgIpc) is 2.97. The Labute approximate surface area is 275 Å². The van der Waals surface area contributed by atoms with Crippen LogP contribution in [0.5, 0.6) is 0 Å². The molecule has 46 heavy (non-hydrogen) atoms. The van der Waals surface area contributed by atoms with Crippen LogP contribution < -0.4 is 0 Å². The molecule has 0 aromatic heterocycles. The first-order valence-electron chi connectivity index (χ1n) is 15.4. The number of methoxy groups -OCH3 is 1. The first kappa shape index (κ1) is 50.5. The smallest absolute Gasteiger partial charge is 0.387 e. The van der Waals surface area contributed by atoms with Crippen LogP contribution >= 0.6 is 23.5 Å². The highest BCUT2D eigenvalue weighted by Gasteiger charge is 2.52. The van der Waals surface area contributed by atoms with Crippen molar-refractivity contribution in [1.82, 2.24) is 14.7 Å². The number of hydrogen-bond acceptors (Lipinski definition) is 12. The Morgan fingerprint density at radius 2 is 0.870 bits per heavy atom. The van der Waals surface area contributed by atoms with E-state index >= 15 is 0 Å². The number of phosphoric ester groups is 3. The van der Waals surface area contributed by atoms with E-state index in [4.69, 9.17) is 38.8 Å². The van der Waals surface area contributed by atoms with Crippen LogP contribution in [0.1, 0.15) is 62.3 Å². The molecule has 1 aliphatic heterocycles. The van der Waals surface area contributed by atoms with Gasteiger partial charge in [-0.1, -0.05) is 62.3 Å². The minimum atomic E-state index is -5.29. The normalized spacial score (nSPS) is 22.0. The number of aliphatic hydroxyl groups excluding tert-OH is 1. The van der Waals surface area contributed by atoms with E-state index in [0.717, 1.165) is 7.11 Å². The van der Waals surface area contributed by atoms with Gasteiger partial charge in [0.05, 0.1) is 6.61 Å². The molecule has 0 aromatic carbocycles. The summed E-state index contributed by atoms with van der Waals surface area (Å²) in [4.78, 5) is 60.0. The van der Waals surface area contributed by atoms with Crippen molar-refractivity contribution in [2.24, 2.45) is 0 Å². The summed E-state index contributed by atoms with van der Waals surface area (Å²) in [5.74, 6) is 0. The highest BCUT2D eigenvalue weighted by atomic mass is 31.2. The average molecular weight is 738 g/mol. The van der Waals surface area contributed by atoms with Gasteiger partial charge >= 0.3 is 23.5 Å². The summed E-state index contributed by atoms with van der Waals surface area (Å²) in [7, 11) is -14.5.